The number of hydrogen-bond acceptors (Lipinski definition) is 5. The lowest BCUT2D eigenvalue weighted by atomic mass is 9.86. The zero-order chi connectivity index (χ0) is 30.0. The van der Waals surface area contributed by atoms with Crippen molar-refractivity contribution in [2.45, 2.75) is 44.1 Å². The zero-order valence-corrected chi connectivity index (χ0v) is 22.7. The molecule has 3 N–H and O–H groups in total. The van der Waals surface area contributed by atoms with Crippen molar-refractivity contribution in [3.63, 3.8) is 0 Å². The van der Waals surface area contributed by atoms with E-state index in [2.05, 4.69) is 15.5 Å². The van der Waals surface area contributed by atoms with Crippen molar-refractivity contribution < 1.29 is 37.0 Å². The number of β-amino-alcohol motifs (C(OH)–C–C–N with tert-alkyl or cyclic N) is 1. The van der Waals surface area contributed by atoms with Crippen molar-refractivity contribution in [3.8, 4) is 0 Å². The third-order valence-corrected chi connectivity index (χ3v) is 7.82. The average molecular weight is 587 g/mol. The SMILES string of the molecule is COC1=CC(C(=O)N2CC(O)C[C@@H]2C2C=C(C(=O)NCc3ccc(C(F)(F)F)cc3F)C=CC2)CC=C1c1cn[nH]c1. The lowest BCUT2D eigenvalue weighted by molar-refractivity contribution is -0.138. The van der Waals surface area contributed by atoms with Gasteiger partial charge in [0.05, 0.1) is 30.9 Å². The molecule has 2 heterocycles. The molecule has 222 valence electrons. The van der Waals surface area contributed by atoms with Gasteiger partial charge in [0.2, 0.25) is 5.91 Å². The number of aromatic amines is 1. The van der Waals surface area contributed by atoms with E-state index in [9.17, 15) is 32.3 Å². The van der Waals surface area contributed by atoms with E-state index in [0.717, 1.165) is 23.3 Å². The minimum Gasteiger partial charge on any atom is -0.496 e. The molecule has 2 amide bonds. The van der Waals surface area contributed by atoms with Gasteiger partial charge >= 0.3 is 6.18 Å². The van der Waals surface area contributed by atoms with Crippen LogP contribution >= 0.6 is 0 Å². The Bertz CT molecular complexity index is 1460. The number of aliphatic hydroxyl groups excluding tert-OH is 1. The molecule has 42 heavy (non-hydrogen) atoms. The van der Waals surface area contributed by atoms with E-state index in [1.165, 1.54) is 7.11 Å². The van der Waals surface area contributed by atoms with Gasteiger partial charge in [0, 0.05) is 53.5 Å². The Morgan fingerprint density at radius 1 is 1.24 bits per heavy atom. The minimum atomic E-state index is -4.67. The Morgan fingerprint density at radius 2 is 2.05 bits per heavy atom. The number of rotatable bonds is 7. The van der Waals surface area contributed by atoms with E-state index in [4.69, 9.17) is 4.74 Å². The van der Waals surface area contributed by atoms with Gasteiger partial charge in [0.15, 0.2) is 0 Å². The van der Waals surface area contributed by atoms with Gasteiger partial charge in [0.25, 0.3) is 5.91 Å². The number of likely N-dealkylation sites (tertiary alicyclic amines) is 1. The van der Waals surface area contributed by atoms with Crippen molar-refractivity contribution in [2.24, 2.45) is 11.8 Å². The molecular formula is C30H30F4N4O4. The first-order valence-corrected chi connectivity index (χ1v) is 13.5. The van der Waals surface area contributed by atoms with Gasteiger partial charge in [-0.25, -0.2) is 4.39 Å². The van der Waals surface area contributed by atoms with Crippen LogP contribution in [0.4, 0.5) is 17.6 Å². The molecule has 1 aromatic heterocycles. The van der Waals surface area contributed by atoms with Crippen molar-refractivity contribution in [2.75, 3.05) is 13.7 Å². The first-order chi connectivity index (χ1) is 20.0. The van der Waals surface area contributed by atoms with E-state index in [1.54, 1.807) is 41.6 Å². The second kappa shape index (κ2) is 12.0. The molecule has 0 saturated carbocycles. The largest absolute Gasteiger partial charge is 0.496 e. The van der Waals surface area contributed by atoms with E-state index < -0.39 is 35.5 Å². The number of nitrogens with zero attached hydrogens (tertiary/aromatic N) is 2. The van der Waals surface area contributed by atoms with Crippen molar-refractivity contribution >= 4 is 17.4 Å². The first kappa shape index (κ1) is 29.3. The second-order valence-corrected chi connectivity index (χ2v) is 10.5. The molecule has 1 fully saturated rings. The molecule has 0 bridgehead atoms. The van der Waals surface area contributed by atoms with Crippen molar-refractivity contribution in [1.82, 2.24) is 20.4 Å². The zero-order valence-electron chi connectivity index (χ0n) is 22.7. The number of nitrogens with one attached hydrogen (secondary N) is 2. The number of aromatic nitrogens is 2. The number of allylic oxidation sites excluding steroid dienone is 3. The molecular weight excluding hydrogens is 556 g/mol. The number of hydrogen-bond donors (Lipinski definition) is 3. The Labute approximate surface area is 239 Å². The number of benzene rings is 1. The normalized spacial score (nSPS) is 24.1. The van der Waals surface area contributed by atoms with Gasteiger partial charge in [0.1, 0.15) is 11.6 Å². The fraction of sp³-hybridized carbons (Fsp3) is 0.367. The number of amides is 2. The van der Waals surface area contributed by atoms with Crippen LogP contribution in [0.25, 0.3) is 5.57 Å². The van der Waals surface area contributed by atoms with Crippen LogP contribution in [0, 0.1) is 17.7 Å². The predicted molar refractivity (Wildman–Crippen MR) is 144 cm³/mol. The van der Waals surface area contributed by atoms with Crippen LogP contribution < -0.4 is 5.32 Å². The summed E-state index contributed by atoms with van der Waals surface area (Å²) in [6.45, 7) is -0.132. The van der Waals surface area contributed by atoms with Gasteiger partial charge in [-0.2, -0.15) is 18.3 Å². The maximum atomic E-state index is 14.2. The second-order valence-electron chi connectivity index (χ2n) is 10.5. The number of carbonyl (C=O) groups is 2. The summed E-state index contributed by atoms with van der Waals surface area (Å²) in [5.41, 5.74) is 0.782. The fourth-order valence-corrected chi connectivity index (χ4v) is 5.68. The van der Waals surface area contributed by atoms with Crippen LogP contribution in [0.2, 0.25) is 0 Å². The summed E-state index contributed by atoms with van der Waals surface area (Å²) in [4.78, 5) is 28.3. The highest BCUT2D eigenvalue weighted by Gasteiger charge is 2.41. The molecule has 8 nitrogen and oxygen atoms in total. The number of carbonyl (C=O) groups excluding carboxylic acids is 2. The van der Waals surface area contributed by atoms with Gasteiger partial charge in [-0.15, -0.1) is 0 Å². The van der Waals surface area contributed by atoms with Gasteiger partial charge in [-0.3, -0.25) is 14.7 Å². The topological polar surface area (TPSA) is 108 Å². The monoisotopic (exact) mass is 586 g/mol. The molecule has 0 spiro atoms. The molecule has 4 atom stereocenters. The molecule has 1 aliphatic heterocycles. The summed E-state index contributed by atoms with van der Waals surface area (Å²) in [6, 6.07) is 1.81. The molecule has 1 aromatic carbocycles. The van der Waals surface area contributed by atoms with Crippen LogP contribution in [0.15, 0.2) is 72.3 Å². The third kappa shape index (κ3) is 6.18. The van der Waals surface area contributed by atoms with E-state index in [1.807, 2.05) is 6.08 Å². The standard InChI is InChI=1S/C30H30F4N4O4/c1-42-27-10-19(6-8-24(27)21-14-36-37-15-21)29(41)38-16-23(39)12-26(38)17-3-2-4-18(9-17)28(40)35-13-20-5-7-22(11-25(20)31)30(32,33)34/h2,4-5,7-11,14-15,17,19,23,26,39H,3,6,12-13,16H2,1H3,(H,35,40)(H,36,37)/t17?,19?,23?,26-/m1/s1. The lowest BCUT2D eigenvalue weighted by Crippen LogP contribution is -2.43. The third-order valence-electron chi connectivity index (χ3n) is 7.82. The van der Waals surface area contributed by atoms with Crippen LogP contribution in [0.3, 0.4) is 0 Å². The fourth-order valence-electron chi connectivity index (χ4n) is 5.68. The Morgan fingerprint density at radius 3 is 2.74 bits per heavy atom. The lowest BCUT2D eigenvalue weighted by Gasteiger charge is -2.33. The van der Waals surface area contributed by atoms with Gasteiger partial charge in [-0.1, -0.05) is 30.4 Å². The smallest absolute Gasteiger partial charge is 0.416 e. The van der Waals surface area contributed by atoms with E-state index in [0.29, 0.717) is 36.7 Å². The van der Waals surface area contributed by atoms with Crippen LogP contribution in [0.5, 0.6) is 0 Å². The number of methoxy groups -OCH3 is 1. The molecule has 2 aliphatic carbocycles. The Balaban J connectivity index is 1.26. The van der Waals surface area contributed by atoms with Crippen LogP contribution in [0.1, 0.15) is 36.0 Å². The summed E-state index contributed by atoms with van der Waals surface area (Å²) in [5, 5.41) is 19.8. The number of ether oxygens (including phenoxy) is 1. The minimum absolute atomic E-state index is 0.0788. The summed E-state index contributed by atoms with van der Waals surface area (Å²) in [5.74, 6) is -1.94. The van der Waals surface area contributed by atoms with Crippen LogP contribution in [-0.4, -0.2) is 57.8 Å². The molecule has 5 rings (SSSR count). The van der Waals surface area contributed by atoms with Gasteiger partial charge < -0.3 is 20.1 Å². The quantitative estimate of drug-likeness (QED) is 0.420. The summed E-state index contributed by atoms with van der Waals surface area (Å²) in [6.07, 6.45) is 8.21. The molecule has 12 heteroatoms. The Hall–Kier alpha value is -4.19. The molecule has 2 aromatic rings. The van der Waals surface area contributed by atoms with Gasteiger partial charge in [-0.05, 0) is 37.5 Å². The van der Waals surface area contributed by atoms with Crippen molar-refractivity contribution in [3.05, 3.63) is 94.8 Å². The average Bonchev–Trinajstić information content (AvgIpc) is 3.65. The molecule has 3 aliphatic rings. The van der Waals surface area contributed by atoms with E-state index in [-0.39, 0.29) is 36.5 Å². The number of aliphatic hydroxyl groups is 1. The molecule has 1 saturated heterocycles. The highest BCUT2D eigenvalue weighted by Crippen LogP contribution is 2.36. The number of H-pyrrole nitrogens is 1. The summed E-state index contributed by atoms with van der Waals surface area (Å²) in [7, 11) is 1.53. The summed E-state index contributed by atoms with van der Waals surface area (Å²) < 4.78 is 58.3. The maximum absolute atomic E-state index is 14.2. The van der Waals surface area contributed by atoms with E-state index >= 15 is 0 Å². The highest BCUT2D eigenvalue weighted by atomic mass is 19.4. The number of alkyl halides is 3. The molecule has 0 radical (unpaired) electrons. The Kier molecular flexibility index (Phi) is 8.35. The first-order valence-electron chi connectivity index (χ1n) is 13.5. The predicted octanol–water partition coefficient (Wildman–Crippen LogP) is 4.28. The highest BCUT2D eigenvalue weighted by molar-refractivity contribution is 5.96. The van der Waals surface area contributed by atoms with Crippen LogP contribution in [-0.2, 0) is 27.0 Å². The molecule has 3 unspecified atom stereocenters. The summed E-state index contributed by atoms with van der Waals surface area (Å²) >= 11 is 0. The maximum Gasteiger partial charge on any atom is 0.416 e. The number of halogens is 4. The van der Waals surface area contributed by atoms with Crippen molar-refractivity contribution in [1.29, 1.82) is 0 Å².